The second-order valence-corrected chi connectivity index (χ2v) is 5.81. The number of carboxylic acid groups (broad SMARTS) is 1. The average Bonchev–Trinajstić information content (AvgIpc) is 2.63. The summed E-state index contributed by atoms with van der Waals surface area (Å²) < 4.78 is 1.08. The minimum absolute atomic E-state index is 0.0110. The molecule has 1 heterocycles. The molecular formula is C17H13ClN4O4. The predicted octanol–water partition coefficient (Wildman–Crippen LogP) is 2.04. The van der Waals surface area contributed by atoms with Crippen molar-refractivity contribution in [1.29, 1.82) is 0 Å². The molecular weight excluding hydrogens is 360 g/mol. The molecule has 3 N–H and O–H groups in total. The molecule has 0 aliphatic carbocycles. The van der Waals surface area contributed by atoms with E-state index in [1.54, 1.807) is 24.3 Å². The Morgan fingerprint density at radius 3 is 2.54 bits per heavy atom. The molecule has 0 aliphatic heterocycles. The molecule has 3 rings (SSSR count). The van der Waals surface area contributed by atoms with Gasteiger partial charge in [0.25, 0.3) is 11.5 Å². The first-order valence-electron chi connectivity index (χ1n) is 7.43. The second kappa shape index (κ2) is 6.85. The van der Waals surface area contributed by atoms with Crippen molar-refractivity contribution in [3.8, 4) is 0 Å². The van der Waals surface area contributed by atoms with Gasteiger partial charge in [-0.15, -0.1) is 0 Å². The summed E-state index contributed by atoms with van der Waals surface area (Å²) in [6, 6.07) is 10.7. The van der Waals surface area contributed by atoms with Crippen molar-refractivity contribution in [2.24, 2.45) is 7.05 Å². The van der Waals surface area contributed by atoms with Crippen LogP contribution in [0.3, 0.4) is 0 Å². The largest absolute Gasteiger partial charge is 0.478 e. The van der Waals surface area contributed by atoms with Crippen LogP contribution in [-0.2, 0) is 7.05 Å². The van der Waals surface area contributed by atoms with Crippen molar-refractivity contribution in [3.05, 3.63) is 69.1 Å². The van der Waals surface area contributed by atoms with E-state index < -0.39 is 11.9 Å². The van der Waals surface area contributed by atoms with Gasteiger partial charge in [-0.3, -0.25) is 20.4 Å². The van der Waals surface area contributed by atoms with Crippen LogP contribution in [0.25, 0.3) is 10.8 Å². The monoisotopic (exact) mass is 372 g/mol. The number of nitrogens with zero attached hydrogens (tertiary/aromatic N) is 2. The number of aromatic carboxylic acids is 1. The van der Waals surface area contributed by atoms with Crippen molar-refractivity contribution >= 4 is 39.9 Å². The molecule has 8 nitrogen and oxygen atoms in total. The van der Waals surface area contributed by atoms with Gasteiger partial charge in [0.1, 0.15) is 0 Å². The molecule has 26 heavy (non-hydrogen) atoms. The van der Waals surface area contributed by atoms with Gasteiger partial charge in [0.2, 0.25) is 0 Å². The molecule has 1 amide bonds. The number of aromatic nitrogens is 2. The van der Waals surface area contributed by atoms with Gasteiger partial charge in [0, 0.05) is 12.4 Å². The van der Waals surface area contributed by atoms with Gasteiger partial charge in [-0.05, 0) is 24.3 Å². The second-order valence-electron chi connectivity index (χ2n) is 5.40. The van der Waals surface area contributed by atoms with Crippen LogP contribution in [-0.4, -0.2) is 26.8 Å². The molecule has 0 bridgehead atoms. The van der Waals surface area contributed by atoms with E-state index in [-0.39, 0.29) is 27.5 Å². The first-order valence-corrected chi connectivity index (χ1v) is 7.81. The van der Waals surface area contributed by atoms with E-state index in [0.717, 1.165) is 4.68 Å². The fraction of sp³-hybridized carbons (Fsp3) is 0.0588. The minimum Gasteiger partial charge on any atom is -0.478 e. The Morgan fingerprint density at radius 2 is 1.85 bits per heavy atom. The van der Waals surface area contributed by atoms with E-state index in [9.17, 15) is 14.4 Å². The average molecular weight is 373 g/mol. The van der Waals surface area contributed by atoms with Crippen LogP contribution < -0.4 is 16.4 Å². The van der Waals surface area contributed by atoms with Gasteiger partial charge in [0.05, 0.1) is 21.7 Å². The lowest BCUT2D eigenvalue weighted by Gasteiger charge is -2.12. The molecule has 0 radical (unpaired) electrons. The summed E-state index contributed by atoms with van der Waals surface area (Å²) in [5.74, 6) is -1.73. The lowest BCUT2D eigenvalue weighted by atomic mass is 10.1. The number of hydrazine groups is 1. The first kappa shape index (κ1) is 17.4. The number of rotatable bonds is 4. The minimum atomic E-state index is -1.12. The zero-order chi connectivity index (χ0) is 18.8. The SMILES string of the molecule is Cn1nc(C(=O)NNc2cc(C(=O)O)ccc2Cl)c2ccccc2c1=O. The quantitative estimate of drug-likeness (QED) is 0.604. The first-order chi connectivity index (χ1) is 12.4. The predicted molar refractivity (Wildman–Crippen MR) is 96.5 cm³/mol. The molecule has 0 saturated carbocycles. The molecule has 0 fully saturated rings. The van der Waals surface area contributed by atoms with E-state index >= 15 is 0 Å². The molecule has 3 aromatic rings. The van der Waals surface area contributed by atoms with E-state index in [1.807, 2.05) is 0 Å². The van der Waals surface area contributed by atoms with Gasteiger partial charge in [-0.1, -0.05) is 29.8 Å². The lowest BCUT2D eigenvalue weighted by Crippen LogP contribution is -2.33. The van der Waals surface area contributed by atoms with Crippen LogP contribution in [0.5, 0.6) is 0 Å². The number of benzene rings is 2. The Kier molecular flexibility index (Phi) is 4.59. The topological polar surface area (TPSA) is 113 Å². The van der Waals surface area contributed by atoms with Crippen LogP contribution in [0.1, 0.15) is 20.8 Å². The van der Waals surface area contributed by atoms with Crippen molar-refractivity contribution in [2.75, 3.05) is 5.43 Å². The van der Waals surface area contributed by atoms with Gasteiger partial charge in [-0.25, -0.2) is 9.48 Å². The number of aryl methyl sites for hydroxylation is 1. The number of hydrogen-bond donors (Lipinski definition) is 3. The molecule has 0 saturated heterocycles. The molecule has 9 heteroatoms. The van der Waals surface area contributed by atoms with Crippen molar-refractivity contribution in [1.82, 2.24) is 15.2 Å². The van der Waals surface area contributed by atoms with Crippen LogP contribution in [0, 0.1) is 0 Å². The number of carbonyl (C=O) groups excluding carboxylic acids is 1. The highest BCUT2D eigenvalue weighted by atomic mass is 35.5. The maximum atomic E-state index is 12.5. The zero-order valence-corrected chi connectivity index (χ0v) is 14.2. The fourth-order valence-corrected chi connectivity index (χ4v) is 2.57. The third-order valence-corrected chi connectivity index (χ3v) is 4.03. The molecule has 2 aromatic carbocycles. The highest BCUT2D eigenvalue weighted by molar-refractivity contribution is 6.33. The van der Waals surface area contributed by atoms with E-state index in [0.29, 0.717) is 10.8 Å². The van der Waals surface area contributed by atoms with Crippen LogP contribution >= 0.6 is 11.6 Å². The van der Waals surface area contributed by atoms with Crippen molar-refractivity contribution < 1.29 is 14.7 Å². The summed E-state index contributed by atoms with van der Waals surface area (Å²) in [6.45, 7) is 0. The molecule has 132 valence electrons. The van der Waals surface area contributed by atoms with E-state index in [1.165, 1.54) is 25.2 Å². The van der Waals surface area contributed by atoms with Crippen LogP contribution in [0.15, 0.2) is 47.3 Å². The molecule has 0 aliphatic rings. The number of amides is 1. The highest BCUT2D eigenvalue weighted by Gasteiger charge is 2.16. The number of fused-ring (bicyclic) bond motifs is 1. The molecule has 0 spiro atoms. The molecule has 0 unspecified atom stereocenters. The maximum Gasteiger partial charge on any atom is 0.335 e. The van der Waals surface area contributed by atoms with Gasteiger partial charge >= 0.3 is 5.97 Å². The third kappa shape index (κ3) is 3.22. The number of hydrogen-bond acceptors (Lipinski definition) is 5. The zero-order valence-electron chi connectivity index (χ0n) is 13.5. The summed E-state index contributed by atoms with van der Waals surface area (Å²) in [4.78, 5) is 35.7. The summed E-state index contributed by atoms with van der Waals surface area (Å²) in [6.07, 6.45) is 0. The Hall–Kier alpha value is -3.39. The standard InChI is InChI=1S/C17H13ClN4O4/c1-22-16(24)11-5-3-2-4-10(11)14(21-22)15(23)20-19-13-8-9(17(25)26)6-7-12(13)18/h2-8,19H,1H3,(H,20,23)(H,25,26). The van der Waals surface area contributed by atoms with Crippen molar-refractivity contribution in [3.63, 3.8) is 0 Å². The van der Waals surface area contributed by atoms with Crippen molar-refractivity contribution in [2.45, 2.75) is 0 Å². The number of carbonyl (C=O) groups is 2. The third-order valence-electron chi connectivity index (χ3n) is 3.70. The van der Waals surface area contributed by atoms with Crippen LogP contribution in [0.4, 0.5) is 5.69 Å². The Bertz CT molecular complexity index is 1090. The van der Waals surface area contributed by atoms with Gasteiger partial charge in [-0.2, -0.15) is 5.10 Å². The van der Waals surface area contributed by atoms with Gasteiger partial charge < -0.3 is 5.11 Å². The van der Waals surface area contributed by atoms with Gasteiger partial charge in [0.15, 0.2) is 5.69 Å². The Morgan fingerprint density at radius 1 is 1.15 bits per heavy atom. The normalized spacial score (nSPS) is 10.5. The Balaban J connectivity index is 1.92. The number of halogens is 1. The summed E-state index contributed by atoms with van der Waals surface area (Å²) in [5.41, 5.74) is 4.95. The number of carboxylic acids is 1. The fourth-order valence-electron chi connectivity index (χ4n) is 2.40. The lowest BCUT2D eigenvalue weighted by molar-refractivity contribution is 0.0696. The summed E-state index contributed by atoms with van der Waals surface area (Å²) >= 11 is 6.00. The Labute approximate surface area is 152 Å². The molecule has 1 aromatic heterocycles. The smallest absolute Gasteiger partial charge is 0.335 e. The summed E-state index contributed by atoms with van der Waals surface area (Å²) in [5, 5.41) is 14.0. The number of anilines is 1. The van der Waals surface area contributed by atoms with E-state index in [4.69, 9.17) is 16.7 Å². The van der Waals surface area contributed by atoms with Crippen LogP contribution in [0.2, 0.25) is 5.02 Å². The maximum absolute atomic E-state index is 12.5. The molecule has 0 atom stereocenters. The summed E-state index contributed by atoms with van der Waals surface area (Å²) in [7, 11) is 1.45. The number of nitrogens with one attached hydrogen (secondary N) is 2. The van der Waals surface area contributed by atoms with E-state index in [2.05, 4.69) is 16.0 Å². The highest BCUT2D eigenvalue weighted by Crippen LogP contribution is 2.22.